The van der Waals surface area contributed by atoms with Gasteiger partial charge in [-0.05, 0) is 112 Å². The van der Waals surface area contributed by atoms with E-state index in [0.29, 0.717) is 149 Å². The summed E-state index contributed by atoms with van der Waals surface area (Å²) in [6, 6.07) is 17.9. The minimum atomic E-state index is -4.17. The summed E-state index contributed by atoms with van der Waals surface area (Å²) in [5.41, 5.74) is 3.77. The first-order valence-corrected chi connectivity index (χ1v) is 30.0. The average molecular weight is 1090 g/mol. The fraction of sp³-hybridized carbons (Fsp3) is 0.544. The summed E-state index contributed by atoms with van der Waals surface area (Å²) in [7, 11) is -6.35. The van der Waals surface area contributed by atoms with E-state index in [1.807, 2.05) is 42.0 Å². The van der Waals surface area contributed by atoms with Gasteiger partial charge in [-0.3, -0.25) is 28.3 Å². The zero-order valence-electron chi connectivity index (χ0n) is 44.2. The molecule has 6 atom stereocenters. The van der Waals surface area contributed by atoms with E-state index in [4.69, 9.17) is 9.47 Å². The van der Waals surface area contributed by atoms with Crippen LogP contribution in [0.25, 0.3) is 21.8 Å². The summed E-state index contributed by atoms with van der Waals surface area (Å²) in [5, 5.41) is 7.17. The quantitative estimate of drug-likeness (QED) is 0.0113. The zero-order chi connectivity index (χ0) is 54.6. The van der Waals surface area contributed by atoms with E-state index in [1.54, 1.807) is 50.2 Å². The number of amides is 2. The SMILES string of the molecule is Cc1cc(C(=O)NCCC[N+](C)(CCCNC(=O)COC[C@]23CCC(=O)C=C2CCC2C3CC[C@]3(C)C(=O)CCC23)CCCS(=O)(=O)O)cc(C)c1OC(=O)c1c2ccccc2[n+](CCCS(=O)(=O)O)c2ccccc12. The molecule has 1 aromatic heterocycles. The van der Waals surface area contributed by atoms with Crippen LogP contribution in [0.5, 0.6) is 5.75 Å². The largest absolute Gasteiger partial charge is 0.422 e. The highest BCUT2D eigenvalue weighted by Crippen LogP contribution is 2.64. The summed E-state index contributed by atoms with van der Waals surface area (Å²) in [5.74, 6) is -0.0941. The molecule has 0 bridgehead atoms. The van der Waals surface area contributed by atoms with Crippen molar-refractivity contribution in [2.45, 2.75) is 104 Å². The molecule has 3 fully saturated rings. The number of benzene rings is 3. The van der Waals surface area contributed by atoms with Crippen molar-refractivity contribution < 1.29 is 68.4 Å². The number of quaternary nitrogens is 1. The number of aryl methyl sites for hydroxylation is 3. The smallest absolute Gasteiger partial charge is 0.345 e. The lowest BCUT2D eigenvalue weighted by Crippen LogP contribution is -2.53. The number of ether oxygens (including phenoxy) is 2. The van der Waals surface area contributed by atoms with E-state index in [-0.39, 0.29) is 60.2 Å². The molecule has 3 saturated carbocycles. The van der Waals surface area contributed by atoms with Crippen molar-refractivity contribution in [1.82, 2.24) is 10.6 Å². The van der Waals surface area contributed by atoms with Crippen LogP contribution >= 0.6 is 0 Å². The molecule has 4 unspecified atom stereocenters. The zero-order valence-corrected chi connectivity index (χ0v) is 45.9. The maximum Gasteiger partial charge on any atom is 0.345 e. The molecule has 4 aromatic rings. The van der Waals surface area contributed by atoms with E-state index < -0.39 is 32.0 Å². The highest BCUT2D eigenvalue weighted by atomic mass is 32.2. The monoisotopic (exact) mass is 1090 g/mol. The van der Waals surface area contributed by atoms with Crippen molar-refractivity contribution in [3.05, 3.63) is 94.6 Å². The molecule has 76 heavy (non-hydrogen) atoms. The van der Waals surface area contributed by atoms with Crippen LogP contribution in [0.2, 0.25) is 0 Å². The number of nitrogens with zero attached hydrogens (tertiary/aromatic N) is 2. The number of hydrogen-bond acceptors (Lipinski definition) is 11. The van der Waals surface area contributed by atoms with Crippen LogP contribution in [-0.2, 0) is 45.9 Å². The Kier molecular flexibility index (Phi) is 17.4. The van der Waals surface area contributed by atoms with Crippen molar-refractivity contribution in [2.24, 2.45) is 28.6 Å². The Morgan fingerprint density at radius 1 is 0.763 bits per heavy atom. The van der Waals surface area contributed by atoms with Crippen molar-refractivity contribution in [3.63, 3.8) is 0 Å². The van der Waals surface area contributed by atoms with E-state index in [0.717, 1.165) is 37.7 Å². The predicted molar refractivity (Wildman–Crippen MR) is 287 cm³/mol. The molecule has 0 radical (unpaired) electrons. The molecule has 0 aliphatic heterocycles. The number of rotatable bonds is 23. The summed E-state index contributed by atoms with van der Waals surface area (Å²) < 4.78 is 79.9. The van der Waals surface area contributed by atoms with Crippen molar-refractivity contribution in [2.75, 3.05) is 64.5 Å². The van der Waals surface area contributed by atoms with E-state index >= 15 is 0 Å². The minimum absolute atomic E-state index is 0.122. The highest BCUT2D eigenvalue weighted by Gasteiger charge is 2.60. The second-order valence-corrected chi connectivity index (χ2v) is 25.5. The first kappa shape index (κ1) is 56.8. The van der Waals surface area contributed by atoms with Gasteiger partial charge in [-0.25, -0.2) is 4.79 Å². The minimum Gasteiger partial charge on any atom is -0.422 e. The first-order chi connectivity index (χ1) is 36.0. The highest BCUT2D eigenvalue weighted by molar-refractivity contribution is 7.86. The molecule has 8 rings (SSSR count). The maximum absolute atomic E-state index is 14.2. The number of para-hydroxylation sites is 2. The summed E-state index contributed by atoms with van der Waals surface area (Å²) in [6.07, 6.45) is 9.60. The van der Waals surface area contributed by atoms with Gasteiger partial charge < -0.3 is 24.6 Å². The van der Waals surface area contributed by atoms with Gasteiger partial charge in [0.25, 0.3) is 26.1 Å². The second kappa shape index (κ2) is 23.3. The van der Waals surface area contributed by atoms with Crippen molar-refractivity contribution in [1.29, 1.82) is 0 Å². The molecule has 4 aliphatic carbocycles. The fourth-order valence-electron chi connectivity index (χ4n) is 13.6. The van der Waals surface area contributed by atoms with Crippen molar-refractivity contribution >= 4 is 71.4 Å². The third-order valence-electron chi connectivity index (χ3n) is 17.3. The maximum atomic E-state index is 14.2. The molecule has 17 nitrogen and oxygen atoms in total. The molecule has 410 valence electrons. The van der Waals surface area contributed by atoms with Crippen LogP contribution in [0.1, 0.15) is 116 Å². The fourth-order valence-corrected chi connectivity index (χ4v) is 14.6. The lowest BCUT2D eigenvalue weighted by atomic mass is 9.47. The Bertz CT molecular complexity index is 3100. The Balaban J connectivity index is 0.838. The van der Waals surface area contributed by atoms with Crippen LogP contribution in [0.15, 0.2) is 72.3 Å². The van der Waals surface area contributed by atoms with E-state index in [1.165, 1.54) is 0 Å². The Morgan fingerprint density at radius 3 is 2.01 bits per heavy atom. The lowest BCUT2D eigenvalue weighted by molar-refractivity contribution is -0.909. The molecule has 4 aliphatic rings. The number of aromatic nitrogens is 1. The van der Waals surface area contributed by atoms with Gasteiger partial charge >= 0.3 is 5.97 Å². The number of Topliss-reactive ketones (excluding diaryl/α,β-unsaturated/α-hetero) is 1. The van der Waals surface area contributed by atoms with Gasteiger partial charge in [0.05, 0.1) is 61.1 Å². The summed E-state index contributed by atoms with van der Waals surface area (Å²) >= 11 is 0. The molecule has 3 aromatic carbocycles. The van der Waals surface area contributed by atoms with Crippen LogP contribution in [0.4, 0.5) is 0 Å². The topological polar surface area (TPSA) is 240 Å². The molecular formula is C57H74N4O13S2+2. The van der Waals surface area contributed by atoms with Crippen LogP contribution < -0.4 is 19.9 Å². The number of nitrogens with one attached hydrogen (secondary N) is 2. The number of fused-ring (bicyclic) bond motifs is 7. The number of carbonyl (C=O) groups excluding carboxylic acids is 5. The number of pyridine rings is 1. The van der Waals surface area contributed by atoms with Crippen LogP contribution in [0.3, 0.4) is 0 Å². The second-order valence-electron chi connectivity index (χ2n) is 22.4. The Morgan fingerprint density at radius 2 is 1.37 bits per heavy atom. The molecule has 0 spiro atoms. The van der Waals surface area contributed by atoms with Crippen LogP contribution in [0, 0.1) is 42.4 Å². The van der Waals surface area contributed by atoms with Gasteiger partial charge in [0.1, 0.15) is 18.1 Å². The third-order valence-corrected chi connectivity index (χ3v) is 18.9. The normalized spacial score (nSPS) is 23.3. The number of esters is 1. The summed E-state index contributed by atoms with van der Waals surface area (Å²) in [4.78, 5) is 66.6. The van der Waals surface area contributed by atoms with Crippen LogP contribution in [-0.4, -0.2) is 124 Å². The summed E-state index contributed by atoms with van der Waals surface area (Å²) in [6.45, 7) is 8.43. The van der Waals surface area contributed by atoms with Gasteiger partial charge in [-0.2, -0.15) is 21.4 Å². The van der Waals surface area contributed by atoms with Gasteiger partial charge in [0.2, 0.25) is 16.9 Å². The predicted octanol–water partition coefficient (Wildman–Crippen LogP) is 6.84. The molecule has 4 N–H and O–H groups in total. The van der Waals surface area contributed by atoms with Crippen molar-refractivity contribution in [3.8, 4) is 5.75 Å². The Labute approximate surface area is 446 Å². The third kappa shape index (κ3) is 12.8. The lowest BCUT2D eigenvalue weighted by Gasteiger charge is -2.57. The Hall–Kier alpha value is -5.44. The molecule has 2 amide bonds. The average Bonchev–Trinajstić information content (AvgIpc) is 3.71. The number of hydrogen-bond donors (Lipinski definition) is 4. The first-order valence-electron chi connectivity index (χ1n) is 26.8. The van der Waals surface area contributed by atoms with Gasteiger partial charge in [0, 0.05) is 80.1 Å². The van der Waals surface area contributed by atoms with Gasteiger partial charge in [-0.1, -0.05) is 36.8 Å². The van der Waals surface area contributed by atoms with Gasteiger partial charge in [-0.15, -0.1) is 0 Å². The number of carbonyl (C=O) groups is 5. The van der Waals surface area contributed by atoms with Gasteiger partial charge in [0.15, 0.2) is 12.3 Å². The molecule has 0 saturated heterocycles. The molecule has 1 heterocycles. The van der Waals surface area contributed by atoms with E-state index in [2.05, 4.69) is 17.6 Å². The standard InChI is InChI=1S/C57H72N4O13S2/c1-38-33-40(34-39(2)53(38)74-55(66)52-44-13-5-7-15-48(44)60(27-11-31-75(67,68)69)49-16-8-6-14-45(49)52)54(65)59-26-10-29-61(4,30-12-32-76(70,71)72)28-9-25-58-51(64)36-73-37-57-24-21-42(62)35-41(57)17-18-43-46-19-20-50(63)56(46,3)23-22-47(43)57/h5-8,13-16,33-35,43,46-47H,9-12,17-32,36-37H2,1-4H3,(H2-2,58,59,64,65,67,68,69,70,71,72)/p+2/t43?,46?,47?,56-,57+,61?/m0/s1. The molecule has 19 heteroatoms. The van der Waals surface area contributed by atoms with E-state index in [9.17, 15) is 49.9 Å². The number of ketones is 2. The molecular weight excluding hydrogens is 1010 g/mol.